The lowest BCUT2D eigenvalue weighted by Gasteiger charge is -2.08. The minimum Gasteiger partial charge on any atom is -0.479 e. The van der Waals surface area contributed by atoms with E-state index in [-0.39, 0.29) is 12.0 Å². The Morgan fingerprint density at radius 1 is 1.22 bits per heavy atom. The second-order valence-corrected chi connectivity index (χ2v) is 5.89. The van der Waals surface area contributed by atoms with Gasteiger partial charge in [0.25, 0.3) is 0 Å². The average molecular weight is 370 g/mol. The van der Waals surface area contributed by atoms with Gasteiger partial charge in [0.05, 0.1) is 10.9 Å². The van der Waals surface area contributed by atoms with E-state index in [0.29, 0.717) is 28.0 Å². The van der Waals surface area contributed by atoms with Crippen LogP contribution in [0.1, 0.15) is 5.76 Å². The van der Waals surface area contributed by atoms with Crippen molar-refractivity contribution >= 4 is 26.9 Å². The molecular weight excluding hydrogens is 358 g/mol. The normalized spacial score (nSPS) is 10.5. The van der Waals surface area contributed by atoms with Crippen molar-refractivity contribution in [3.05, 3.63) is 62.9 Å². The van der Waals surface area contributed by atoms with E-state index < -0.39 is 0 Å². The summed E-state index contributed by atoms with van der Waals surface area (Å²) in [5.41, 5.74) is 1.73. The van der Waals surface area contributed by atoms with Gasteiger partial charge in [-0.1, -0.05) is 28.1 Å². The van der Waals surface area contributed by atoms with Crippen LogP contribution in [-0.4, -0.2) is 6.61 Å². The summed E-state index contributed by atoms with van der Waals surface area (Å²) >= 11 is 3.39. The smallest absolute Gasteiger partial charge is 0.200 e. The Kier molecular flexibility index (Phi) is 4.18. The minimum atomic E-state index is -0.0853. The van der Waals surface area contributed by atoms with E-state index in [1.54, 1.807) is 25.1 Å². The highest BCUT2D eigenvalue weighted by molar-refractivity contribution is 9.10. The molecule has 0 N–H and O–H groups in total. The van der Waals surface area contributed by atoms with Crippen molar-refractivity contribution in [2.75, 3.05) is 6.61 Å². The summed E-state index contributed by atoms with van der Waals surface area (Å²) in [6.45, 7) is 1.72. The predicted molar refractivity (Wildman–Crippen MR) is 91.5 cm³/mol. The van der Waals surface area contributed by atoms with Crippen LogP contribution in [0.5, 0.6) is 5.75 Å². The fourth-order valence-corrected chi connectivity index (χ4v) is 2.71. The second-order valence-electron chi connectivity index (χ2n) is 4.97. The van der Waals surface area contributed by atoms with E-state index in [4.69, 9.17) is 14.4 Å². The lowest BCUT2D eigenvalue weighted by atomic mass is 10.0. The Morgan fingerprint density at radius 2 is 1.96 bits per heavy atom. The zero-order valence-corrected chi connectivity index (χ0v) is 13.9. The van der Waals surface area contributed by atoms with Gasteiger partial charge in [0.1, 0.15) is 23.2 Å². The molecule has 23 heavy (non-hydrogen) atoms. The maximum absolute atomic E-state index is 12.8. The molecular formula is C18H12BrNO3. The van der Waals surface area contributed by atoms with Gasteiger partial charge in [-0.05, 0) is 36.8 Å². The summed E-state index contributed by atoms with van der Waals surface area (Å²) in [5.74, 6) is 1.04. The minimum absolute atomic E-state index is 0.0499. The molecule has 1 aromatic heterocycles. The van der Waals surface area contributed by atoms with Crippen LogP contribution in [0.15, 0.2) is 56.1 Å². The number of aryl methyl sites for hydroxylation is 1. The molecule has 3 aromatic rings. The summed E-state index contributed by atoms with van der Waals surface area (Å²) in [7, 11) is 0. The number of hydrogen-bond acceptors (Lipinski definition) is 4. The largest absolute Gasteiger partial charge is 0.479 e. The summed E-state index contributed by atoms with van der Waals surface area (Å²) in [5, 5.41) is 9.04. The van der Waals surface area contributed by atoms with E-state index in [2.05, 4.69) is 15.9 Å². The Bertz CT molecular complexity index is 968. The van der Waals surface area contributed by atoms with E-state index in [1.165, 1.54) is 0 Å². The quantitative estimate of drug-likeness (QED) is 0.684. The molecule has 3 rings (SSSR count). The molecule has 0 amide bonds. The van der Waals surface area contributed by atoms with E-state index in [9.17, 15) is 4.79 Å². The first-order chi connectivity index (χ1) is 11.1. The molecule has 114 valence electrons. The van der Waals surface area contributed by atoms with Crippen LogP contribution >= 0.6 is 15.9 Å². The van der Waals surface area contributed by atoms with Crippen molar-refractivity contribution in [2.45, 2.75) is 6.92 Å². The van der Waals surface area contributed by atoms with Gasteiger partial charge < -0.3 is 9.15 Å². The fourth-order valence-electron chi connectivity index (χ4n) is 2.44. The van der Waals surface area contributed by atoms with Gasteiger partial charge >= 0.3 is 0 Å². The molecule has 0 unspecified atom stereocenters. The molecule has 0 fully saturated rings. The number of rotatable bonds is 3. The van der Waals surface area contributed by atoms with Gasteiger partial charge in [-0.25, -0.2) is 0 Å². The van der Waals surface area contributed by atoms with Crippen LogP contribution in [0.3, 0.4) is 0 Å². The first-order valence-electron chi connectivity index (χ1n) is 6.93. The van der Waals surface area contributed by atoms with Crippen LogP contribution in [0.25, 0.3) is 22.1 Å². The molecule has 5 heteroatoms. The Morgan fingerprint density at radius 3 is 2.65 bits per heavy atom. The van der Waals surface area contributed by atoms with Crippen molar-refractivity contribution in [1.82, 2.24) is 0 Å². The van der Waals surface area contributed by atoms with Crippen LogP contribution in [0, 0.1) is 18.3 Å². The molecule has 0 atom stereocenters. The highest BCUT2D eigenvalue weighted by Crippen LogP contribution is 2.27. The van der Waals surface area contributed by atoms with Crippen molar-refractivity contribution < 1.29 is 9.15 Å². The number of halogens is 1. The molecule has 2 aromatic carbocycles. The van der Waals surface area contributed by atoms with Gasteiger partial charge in [-0.2, -0.15) is 5.26 Å². The number of fused-ring (bicyclic) bond motifs is 1. The van der Waals surface area contributed by atoms with E-state index in [0.717, 1.165) is 10.0 Å². The maximum Gasteiger partial charge on any atom is 0.200 e. The van der Waals surface area contributed by atoms with Crippen molar-refractivity contribution in [3.8, 4) is 22.9 Å². The van der Waals surface area contributed by atoms with Crippen molar-refractivity contribution in [1.29, 1.82) is 5.26 Å². The molecule has 0 radical (unpaired) electrons. The highest BCUT2D eigenvalue weighted by atomic mass is 79.9. The molecule has 0 aliphatic rings. The van der Waals surface area contributed by atoms with Gasteiger partial charge in [-0.15, -0.1) is 0 Å². The van der Waals surface area contributed by atoms with Crippen LogP contribution in [0.2, 0.25) is 0 Å². The topological polar surface area (TPSA) is 63.2 Å². The van der Waals surface area contributed by atoms with E-state index in [1.807, 2.05) is 30.3 Å². The van der Waals surface area contributed by atoms with Crippen molar-refractivity contribution in [2.24, 2.45) is 0 Å². The molecule has 0 aliphatic heterocycles. The summed E-state index contributed by atoms with van der Waals surface area (Å²) in [6, 6.07) is 14.4. The zero-order valence-electron chi connectivity index (χ0n) is 12.3. The third-order valence-electron chi connectivity index (χ3n) is 3.48. The third-order valence-corrected chi connectivity index (χ3v) is 4.00. The van der Waals surface area contributed by atoms with Gasteiger partial charge in [0.2, 0.25) is 5.43 Å². The van der Waals surface area contributed by atoms with Crippen molar-refractivity contribution in [3.63, 3.8) is 0 Å². The summed E-state index contributed by atoms with van der Waals surface area (Å²) < 4.78 is 12.0. The lowest BCUT2D eigenvalue weighted by molar-refractivity contribution is 0.368. The molecule has 1 heterocycles. The average Bonchev–Trinajstić information content (AvgIpc) is 2.54. The second kappa shape index (κ2) is 6.27. The number of hydrogen-bond donors (Lipinski definition) is 0. The first kappa shape index (κ1) is 15.3. The number of nitriles is 1. The first-order valence-corrected chi connectivity index (χ1v) is 7.72. The number of ether oxygens (including phenoxy) is 1. The molecule has 0 spiro atoms. The van der Waals surface area contributed by atoms with Gasteiger partial charge in [0.15, 0.2) is 6.61 Å². The Balaban J connectivity index is 2.17. The molecule has 0 saturated carbocycles. The highest BCUT2D eigenvalue weighted by Gasteiger charge is 2.14. The summed E-state index contributed by atoms with van der Waals surface area (Å²) in [6.07, 6.45) is 0. The number of benzene rings is 2. The predicted octanol–water partition coefficient (Wildman–Crippen LogP) is 4.43. The fraction of sp³-hybridized carbons (Fsp3) is 0.111. The van der Waals surface area contributed by atoms with Crippen LogP contribution in [0.4, 0.5) is 0 Å². The van der Waals surface area contributed by atoms with Crippen LogP contribution < -0.4 is 10.2 Å². The third kappa shape index (κ3) is 2.99. The Hall–Kier alpha value is -2.58. The van der Waals surface area contributed by atoms with E-state index >= 15 is 0 Å². The van der Waals surface area contributed by atoms with Gasteiger partial charge in [-0.3, -0.25) is 4.79 Å². The molecule has 0 bridgehead atoms. The number of nitrogens with zero attached hydrogens (tertiary/aromatic N) is 1. The van der Waals surface area contributed by atoms with Crippen LogP contribution in [-0.2, 0) is 0 Å². The standard InChI is InChI=1S/C18H12BrNO3/c1-11-17(12-2-4-13(19)5-3-12)18(21)15-7-6-14(22-9-8-20)10-16(15)23-11/h2-7,10H,9H2,1H3. The molecule has 0 saturated heterocycles. The SMILES string of the molecule is Cc1oc2cc(OCC#N)ccc2c(=O)c1-c1ccc(Br)cc1. The maximum atomic E-state index is 12.8. The monoisotopic (exact) mass is 369 g/mol. The molecule has 0 aliphatic carbocycles. The lowest BCUT2D eigenvalue weighted by Crippen LogP contribution is -2.07. The van der Waals surface area contributed by atoms with Gasteiger partial charge in [0, 0.05) is 10.5 Å². The summed E-state index contributed by atoms with van der Waals surface area (Å²) in [4.78, 5) is 12.8. The zero-order chi connectivity index (χ0) is 16.4. The molecule has 4 nitrogen and oxygen atoms in total. The Labute approximate surface area is 141 Å².